The number of anilines is 2. The SMILES string of the molecule is COc1cc(N2Sc3ccccc3N(Cc3c(F)cc(F)cc3Cl)C2=O)ccn1. The Hall–Kier alpha value is -2.84. The maximum atomic E-state index is 14.4. The maximum Gasteiger partial charge on any atom is 0.339 e. The highest BCUT2D eigenvalue weighted by Crippen LogP contribution is 2.42. The van der Waals surface area contributed by atoms with E-state index in [0.717, 1.165) is 17.0 Å². The first-order valence-electron chi connectivity index (χ1n) is 8.50. The third-order valence-electron chi connectivity index (χ3n) is 4.33. The van der Waals surface area contributed by atoms with Crippen molar-refractivity contribution in [2.45, 2.75) is 11.4 Å². The number of urea groups is 1. The summed E-state index contributed by atoms with van der Waals surface area (Å²) in [6, 6.07) is 11.9. The number of ether oxygens (including phenoxy) is 1. The summed E-state index contributed by atoms with van der Waals surface area (Å²) in [5.41, 5.74) is 1.20. The summed E-state index contributed by atoms with van der Waals surface area (Å²) in [5.74, 6) is -1.23. The molecule has 0 aliphatic carbocycles. The molecular weight excluding hydrogens is 420 g/mol. The van der Waals surface area contributed by atoms with Gasteiger partial charge in [-0.05, 0) is 36.2 Å². The van der Waals surface area contributed by atoms with Crippen LogP contribution >= 0.6 is 23.5 Å². The Labute approximate surface area is 175 Å². The van der Waals surface area contributed by atoms with Crippen LogP contribution in [0, 0.1) is 11.6 Å². The molecule has 3 aromatic rings. The number of nitrogens with zero attached hydrogens (tertiary/aromatic N) is 3. The molecule has 4 rings (SSSR count). The lowest BCUT2D eigenvalue weighted by Crippen LogP contribution is -2.43. The minimum atomic E-state index is -0.810. The zero-order valence-corrected chi connectivity index (χ0v) is 16.7. The summed E-state index contributed by atoms with van der Waals surface area (Å²) in [4.78, 5) is 19.6. The monoisotopic (exact) mass is 433 g/mol. The van der Waals surface area contributed by atoms with Gasteiger partial charge in [0.15, 0.2) is 0 Å². The lowest BCUT2D eigenvalue weighted by molar-refractivity contribution is 0.254. The van der Waals surface area contributed by atoms with E-state index in [0.29, 0.717) is 17.3 Å². The third kappa shape index (κ3) is 3.73. The quantitative estimate of drug-likeness (QED) is 0.497. The molecule has 148 valence electrons. The number of carbonyl (C=O) groups is 1. The number of para-hydroxylation sites is 1. The van der Waals surface area contributed by atoms with E-state index >= 15 is 0 Å². The number of benzene rings is 2. The molecule has 2 amide bonds. The van der Waals surface area contributed by atoms with Gasteiger partial charge in [-0.25, -0.2) is 22.9 Å². The number of aromatic nitrogens is 1. The van der Waals surface area contributed by atoms with E-state index in [2.05, 4.69) is 4.98 Å². The second kappa shape index (κ2) is 7.88. The minimum Gasteiger partial charge on any atom is -0.481 e. The number of rotatable bonds is 4. The summed E-state index contributed by atoms with van der Waals surface area (Å²) in [6.45, 7) is -0.153. The van der Waals surface area contributed by atoms with Gasteiger partial charge < -0.3 is 4.74 Å². The van der Waals surface area contributed by atoms with Crippen molar-refractivity contribution in [1.29, 1.82) is 0 Å². The third-order valence-corrected chi connectivity index (χ3v) is 5.76. The zero-order chi connectivity index (χ0) is 20.5. The second-order valence-electron chi connectivity index (χ2n) is 6.13. The highest BCUT2D eigenvalue weighted by Gasteiger charge is 2.33. The number of halogens is 3. The van der Waals surface area contributed by atoms with Crippen molar-refractivity contribution in [1.82, 2.24) is 4.98 Å². The largest absolute Gasteiger partial charge is 0.481 e. The molecule has 0 fully saturated rings. The van der Waals surface area contributed by atoms with Gasteiger partial charge in [-0.3, -0.25) is 4.90 Å². The van der Waals surface area contributed by atoms with Crippen molar-refractivity contribution < 1.29 is 18.3 Å². The fraction of sp³-hybridized carbons (Fsp3) is 0.100. The first kappa shape index (κ1) is 19.5. The van der Waals surface area contributed by atoms with Crippen LogP contribution in [0.3, 0.4) is 0 Å². The molecule has 9 heteroatoms. The van der Waals surface area contributed by atoms with E-state index < -0.39 is 17.7 Å². The van der Waals surface area contributed by atoms with Crippen molar-refractivity contribution in [2.75, 3.05) is 16.3 Å². The van der Waals surface area contributed by atoms with Crippen molar-refractivity contribution in [3.63, 3.8) is 0 Å². The van der Waals surface area contributed by atoms with Crippen LogP contribution in [-0.2, 0) is 6.54 Å². The molecule has 1 aliphatic rings. The lowest BCUT2D eigenvalue weighted by Gasteiger charge is -2.36. The Kier molecular flexibility index (Phi) is 5.29. The summed E-state index contributed by atoms with van der Waals surface area (Å²) in [7, 11) is 1.48. The van der Waals surface area contributed by atoms with E-state index in [1.54, 1.807) is 24.3 Å². The molecule has 29 heavy (non-hydrogen) atoms. The Morgan fingerprint density at radius 2 is 1.97 bits per heavy atom. The van der Waals surface area contributed by atoms with E-state index in [1.807, 2.05) is 12.1 Å². The number of fused-ring (bicyclic) bond motifs is 1. The van der Waals surface area contributed by atoms with Gasteiger partial charge in [-0.1, -0.05) is 23.7 Å². The molecule has 0 radical (unpaired) electrons. The average molecular weight is 434 g/mol. The van der Waals surface area contributed by atoms with Gasteiger partial charge in [-0.15, -0.1) is 0 Å². The van der Waals surface area contributed by atoms with Crippen molar-refractivity contribution in [3.8, 4) is 5.88 Å². The van der Waals surface area contributed by atoms with Gasteiger partial charge >= 0.3 is 6.03 Å². The van der Waals surface area contributed by atoms with Crippen LogP contribution < -0.4 is 13.9 Å². The second-order valence-corrected chi connectivity index (χ2v) is 7.52. The summed E-state index contributed by atoms with van der Waals surface area (Å²) in [6.07, 6.45) is 1.53. The standard InChI is InChI=1S/C20H14ClF2N3O2S/c1-28-19-10-13(6-7-24-19)26-20(27)25(17-4-2-3-5-18(17)29-26)11-14-15(21)8-12(22)9-16(14)23/h2-10H,11H2,1H3. The predicted octanol–water partition coefficient (Wildman–Crippen LogP) is 5.68. The number of hydrogen-bond donors (Lipinski definition) is 0. The molecule has 0 N–H and O–H groups in total. The van der Waals surface area contributed by atoms with Crippen molar-refractivity contribution >= 4 is 41.0 Å². The van der Waals surface area contributed by atoms with Gasteiger partial charge in [0.25, 0.3) is 0 Å². The predicted molar refractivity (Wildman–Crippen MR) is 109 cm³/mol. The van der Waals surface area contributed by atoms with Crippen molar-refractivity contribution in [3.05, 3.63) is 76.9 Å². The van der Waals surface area contributed by atoms with Crippen LogP contribution in [0.1, 0.15) is 5.56 Å². The molecule has 0 saturated carbocycles. The first-order chi connectivity index (χ1) is 14.0. The Bertz CT molecular complexity index is 1080. The maximum absolute atomic E-state index is 14.4. The van der Waals surface area contributed by atoms with E-state index in [4.69, 9.17) is 16.3 Å². The Morgan fingerprint density at radius 3 is 2.72 bits per heavy atom. The van der Waals surface area contributed by atoms with Crippen molar-refractivity contribution in [2.24, 2.45) is 0 Å². The minimum absolute atomic E-state index is 0.0374. The van der Waals surface area contributed by atoms with Crippen LogP contribution in [0.2, 0.25) is 5.02 Å². The molecule has 1 aliphatic heterocycles. The molecule has 2 aromatic carbocycles. The number of amides is 2. The highest BCUT2D eigenvalue weighted by atomic mass is 35.5. The lowest BCUT2D eigenvalue weighted by atomic mass is 10.1. The summed E-state index contributed by atoms with van der Waals surface area (Å²) >= 11 is 7.29. The number of hydrogen-bond acceptors (Lipinski definition) is 4. The summed E-state index contributed by atoms with van der Waals surface area (Å²) < 4.78 is 34.4. The fourth-order valence-electron chi connectivity index (χ4n) is 2.94. The molecule has 1 aromatic heterocycles. The van der Waals surface area contributed by atoms with Gasteiger partial charge in [0.2, 0.25) is 5.88 Å². The number of pyridine rings is 1. The normalized spacial score (nSPS) is 13.4. The summed E-state index contributed by atoms with van der Waals surface area (Å²) in [5, 5.41) is -0.0804. The molecule has 2 heterocycles. The smallest absolute Gasteiger partial charge is 0.339 e. The molecule has 0 saturated heterocycles. The van der Waals surface area contributed by atoms with Crippen LogP contribution in [0.5, 0.6) is 5.88 Å². The molecule has 0 unspecified atom stereocenters. The Morgan fingerprint density at radius 1 is 1.17 bits per heavy atom. The van der Waals surface area contributed by atoms with Gasteiger partial charge in [0, 0.05) is 23.9 Å². The average Bonchev–Trinajstić information content (AvgIpc) is 2.71. The van der Waals surface area contributed by atoms with Crippen LogP contribution in [0.4, 0.5) is 25.0 Å². The van der Waals surface area contributed by atoms with Gasteiger partial charge in [0.05, 0.1) is 34.9 Å². The number of methoxy groups -OCH3 is 1. The molecule has 0 spiro atoms. The van der Waals surface area contributed by atoms with Crippen LogP contribution in [0.15, 0.2) is 59.6 Å². The van der Waals surface area contributed by atoms with Crippen LogP contribution in [0.25, 0.3) is 0 Å². The van der Waals surface area contributed by atoms with Crippen LogP contribution in [-0.4, -0.2) is 18.1 Å². The van der Waals surface area contributed by atoms with E-state index in [-0.39, 0.29) is 17.1 Å². The van der Waals surface area contributed by atoms with E-state index in [9.17, 15) is 13.6 Å². The fourth-order valence-corrected chi connectivity index (χ4v) is 4.20. The zero-order valence-electron chi connectivity index (χ0n) is 15.1. The first-order valence-corrected chi connectivity index (χ1v) is 9.65. The molecular formula is C20H14ClF2N3O2S. The van der Waals surface area contributed by atoms with Gasteiger partial charge in [0.1, 0.15) is 11.6 Å². The van der Waals surface area contributed by atoms with Gasteiger partial charge in [-0.2, -0.15) is 0 Å². The van der Waals surface area contributed by atoms with E-state index in [1.165, 1.54) is 34.5 Å². The number of carbonyl (C=O) groups excluding carboxylic acids is 1. The topological polar surface area (TPSA) is 45.7 Å². The Balaban J connectivity index is 1.77. The molecule has 5 nitrogen and oxygen atoms in total. The molecule has 0 bridgehead atoms. The molecule has 0 atom stereocenters. The highest BCUT2D eigenvalue weighted by molar-refractivity contribution is 8.01.